The number of nitrogen functional groups attached to an aromatic ring is 1. The number of nitrogens with zero attached hydrogens (tertiary/aromatic N) is 2. The first-order valence-electron chi connectivity index (χ1n) is 4.90. The minimum absolute atomic E-state index is 0. The maximum Gasteiger partial charge on any atom is 0.123 e. The molecule has 16 heavy (non-hydrogen) atoms. The third-order valence-electron chi connectivity index (χ3n) is 2.53. The molecule has 6 heteroatoms. The molecule has 0 bridgehead atoms. The predicted molar refractivity (Wildman–Crippen MR) is 70.6 cm³/mol. The molecule has 2 rings (SSSR count). The Morgan fingerprint density at radius 2 is 2.12 bits per heavy atom. The highest BCUT2D eigenvalue weighted by Gasteiger charge is 2.17. The van der Waals surface area contributed by atoms with Gasteiger partial charge in [-0.15, -0.1) is 24.8 Å². The number of aromatic nitrogens is 1. The van der Waals surface area contributed by atoms with Crippen LogP contribution in [-0.4, -0.2) is 29.3 Å². The summed E-state index contributed by atoms with van der Waals surface area (Å²) in [6.07, 6.45) is 3.49. The summed E-state index contributed by atoms with van der Waals surface area (Å²) in [4.78, 5) is 6.17. The van der Waals surface area contributed by atoms with Crippen molar-refractivity contribution in [1.82, 2.24) is 4.98 Å². The average Bonchev–Trinajstić information content (AvgIpc) is 2.19. The normalized spacial score (nSPS) is 19.6. The number of rotatable bonds is 1. The number of aliphatic hydroxyl groups excluding tert-OH is 1. The second-order valence-electron chi connectivity index (χ2n) is 3.68. The van der Waals surface area contributed by atoms with Crippen LogP contribution in [0.25, 0.3) is 0 Å². The van der Waals surface area contributed by atoms with Crippen molar-refractivity contribution < 1.29 is 5.11 Å². The smallest absolute Gasteiger partial charge is 0.123 e. The molecule has 0 aromatic carbocycles. The van der Waals surface area contributed by atoms with Gasteiger partial charge in [-0.2, -0.15) is 0 Å². The van der Waals surface area contributed by atoms with Crippen LogP contribution in [0.5, 0.6) is 0 Å². The van der Waals surface area contributed by atoms with Crippen molar-refractivity contribution in [2.75, 3.05) is 23.7 Å². The van der Waals surface area contributed by atoms with E-state index in [0.29, 0.717) is 12.4 Å². The fourth-order valence-electron chi connectivity index (χ4n) is 1.77. The molecule has 0 aliphatic carbocycles. The van der Waals surface area contributed by atoms with Gasteiger partial charge in [0.2, 0.25) is 0 Å². The molecule has 1 aliphatic heterocycles. The molecule has 1 saturated heterocycles. The number of anilines is 2. The zero-order chi connectivity index (χ0) is 9.97. The topological polar surface area (TPSA) is 62.4 Å². The van der Waals surface area contributed by atoms with Gasteiger partial charge in [-0.05, 0) is 25.0 Å². The molecule has 92 valence electrons. The molecule has 0 spiro atoms. The van der Waals surface area contributed by atoms with E-state index in [1.54, 1.807) is 12.3 Å². The largest absolute Gasteiger partial charge is 0.391 e. The molecular formula is C10H17Cl2N3O. The van der Waals surface area contributed by atoms with E-state index in [4.69, 9.17) is 5.73 Å². The second kappa shape index (κ2) is 6.78. The Morgan fingerprint density at radius 1 is 1.38 bits per heavy atom. The monoisotopic (exact) mass is 265 g/mol. The van der Waals surface area contributed by atoms with Crippen LogP contribution < -0.4 is 10.6 Å². The van der Waals surface area contributed by atoms with E-state index in [1.165, 1.54) is 0 Å². The molecule has 1 atom stereocenters. The van der Waals surface area contributed by atoms with Crippen LogP contribution in [0.3, 0.4) is 0 Å². The number of β-amino-alcohol motifs (C(OH)–C–C–N with tert-alkyl or cyclic N) is 1. The van der Waals surface area contributed by atoms with Crippen molar-refractivity contribution >= 4 is 36.3 Å². The first kappa shape index (κ1) is 15.3. The molecule has 3 N–H and O–H groups in total. The van der Waals surface area contributed by atoms with Crippen LogP contribution in [0, 0.1) is 0 Å². The molecule has 1 aromatic heterocycles. The Bertz CT molecular complexity index is 307. The van der Waals surface area contributed by atoms with Gasteiger partial charge in [-0.1, -0.05) is 0 Å². The molecule has 0 saturated carbocycles. The van der Waals surface area contributed by atoms with E-state index in [2.05, 4.69) is 9.88 Å². The molecular weight excluding hydrogens is 249 g/mol. The Morgan fingerprint density at radius 3 is 2.69 bits per heavy atom. The van der Waals surface area contributed by atoms with Gasteiger partial charge in [0.15, 0.2) is 0 Å². The number of nitrogens with two attached hydrogens (primary N) is 1. The maximum atomic E-state index is 9.51. The highest BCUT2D eigenvalue weighted by molar-refractivity contribution is 5.85. The van der Waals surface area contributed by atoms with E-state index in [0.717, 1.165) is 25.1 Å². The first-order valence-corrected chi connectivity index (χ1v) is 4.90. The van der Waals surface area contributed by atoms with E-state index in [1.807, 2.05) is 6.07 Å². The van der Waals surface area contributed by atoms with Gasteiger partial charge in [0.1, 0.15) is 5.82 Å². The highest BCUT2D eigenvalue weighted by atomic mass is 35.5. The first-order chi connectivity index (χ1) is 6.75. The van der Waals surface area contributed by atoms with Gasteiger partial charge >= 0.3 is 0 Å². The summed E-state index contributed by atoms with van der Waals surface area (Å²) in [6, 6.07) is 3.73. The molecule has 1 aromatic rings. The number of halogens is 2. The van der Waals surface area contributed by atoms with Gasteiger partial charge in [0.05, 0.1) is 18.0 Å². The van der Waals surface area contributed by atoms with Gasteiger partial charge in [-0.25, -0.2) is 4.98 Å². The lowest BCUT2D eigenvalue weighted by Gasteiger charge is -2.31. The molecule has 4 nitrogen and oxygen atoms in total. The van der Waals surface area contributed by atoms with Crippen molar-refractivity contribution in [2.45, 2.75) is 18.9 Å². The summed E-state index contributed by atoms with van der Waals surface area (Å²) in [7, 11) is 0. The molecule has 0 radical (unpaired) electrons. The summed E-state index contributed by atoms with van der Waals surface area (Å²) >= 11 is 0. The van der Waals surface area contributed by atoms with E-state index in [9.17, 15) is 5.11 Å². The zero-order valence-corrected chi connectivity index (χ0v) is 10.5. The standard InChI is InChI=1S/C10H15N3O.2ClH/c11-10-4-3-8(6-12-10)13-5-1-2-9(14)7-13;;/h3-4,6,9,14H,1-2,5,7H2,(H2,11,12);2*1H. The summed E-state index contributed by atoms with van der Waals surface area (Å²) in [5.74, 6) is 0.534. The number of aliphatic hydroxyl groups is 1. The van der Waals surface area contributed by atoms with Crippen molar-refractivity contribution in [3.05, 3.63) is 18.3 Å². The Labute approximate surface area is 108 Å². The van der Waals surface area contributed by atoms with Gasteiger partial charge in [0.25, 0.3) is 0 Å². The average molecular weight is 266 g/mol. The molecule has 1 aliphatic rings. The summed E-state index contributed by atoms with van der Waals surface area (Å²) in [5.41, 5.74) is 6.54. The lowest BCUT2D eigenvalue weighted by atomic mass is 10.1. The maximum absolute atomic E-state index is 9.51. The van der Waals surface area contributed by atoms with Gasteiger partial charge in [0, 0.05) is 13.1 Å². The minimum Gasteiger partial charge on any atom is -0.391 e. The quantitative estimate of drug-likeness (QED) is 0.808. The summed E-state index contributed by atoms with van der Waals surface area (Å²) in [6.45, 7) is 1.69. The minimum atomic E-state index is -0.207. The van der Waals surface area contributed by atoms with Crippen molar-refractivity contribution in [3.63, 3.8) is 0 Å². The molecule has 2 heterocycles. The number of piperidine rings is 1. The fourth-order valence-corrected chi connectivity index (χ4v) is 1.77. The SMILES string of the molecule is Cl.Cl.Nc1ccc(N2CCCC(O)C2)cn1. The highest BCUT2D eigenvalue weighted by Crippen LogP contribution is 2.19. The lowest BCUT2D eigenvalue weighted by Crippen LogP contribution is -2.38. The number of pyridine rings is 1. The second-order valence-corrected chi connectivity index (χ2v) is 3.68. The molecule has 0 amide bonds. The van der Waals surface area contributed by atoms with E-state index in [-0.39, 0.29) is 30.9 Å². The number of hydrogen-bond acceptors (Lipinski definition) is 4. The zero-order valence-electron chi connectivity index (χ0n) is 8.87. The van der Waals surface area contributed by atoms with Crippen molar-refractivity contribution in [3.8, 4) is 0 Å². The van der Waals surface area contributed by atoms with Crippen LogP contribution in [0.2, 0.25) is 0 Å². The van der Waals surface area contributed by atoms with Gasteiger partial charge in [-0.3, -0.25) is 0 Å². The van der Waals surface area contributed by atoms with Crippen LogP contribution in [-0.2, 0) is 0 Å². The van der Waals surface area contributed by atoms with Crippen LogP contribution in [0.4, 0.5) is 11.5 Å². The Balaban J connectivity index is 0.00000112. The lowest BCUT2D eigenvalue weighted by molar-refractivity contribution is 0.154. The summed E-state index contributed by atoms with van der Waals surface area (Å²) in [5, 5.41) is 9.51. The predicted octanol–water partition coefficient (Wildman–Crippen LogP) is 1.47. The Hall–Kier alpha value is -0.710. The third kappa shape index (κ3) is 3.70. The van der Waals surface area contributed by atoms with E-state index < -0.39 is 0 Å². The van der Waals surface area contributed by atoms with Crippen LogP contribution >= 0.6 is 24.8 Å². The summed E-state index contributed by atoms with van der Waals surface area (Å²) < 4.78 is 0. The van der Waals surface area contributed by atoms with E-state index >= 15 is 0 Å². The fraction of sp³-hybridized carbons (Fsp3) is 0.500. The molecule has 1 fully saturated rings. The van der Waals surface area contributed by atoms with Crippen LogP contribution in [0.1, 0.15) is 12.8 Å². The Kier molecular flexibility index (Phi) is 6.48. The number of hydrogen-bond donors (Lipinski definition) is 2. The molecule has 1 unspecified atom stereocenters. The van der Waals surface area contributed by atoms with Crippen LogP contribution in [0.15, 0.2) is 18.3 Å². The van der Waals surface area contributed by atoms with Crippen molar-refractivity contribution in [1.29, 1.82) is 0 Å². The van der Waals surface area contributed by atoms with Gasteiger partial charge < -0.3 is 15.7 Å². The third-order valence-corrected chi connectivity index (χ3v) is 2.53. The van der Waals surface area contributed by atoms with Crippen molar-refractivity contribution in [2.24, 2.45) is 0 Å².